The Morgan fingerprint density at radius 1 is 1.00 bits per heavy atom. The van der Waals surface area contributed by atoms with Crippen LogP contribution in [0.2, 0.25) is 5.02 Å². The minimum Gasteiger partial charge on any atom is -0.545 e. The number of halogens is 1. The van der Waals surface area contributed by atoms with Gasteiger partial charge in [0.1, 0.15) is 5.75 Å². The van der Waals surface area contributed by atoms with Crippen molar-refractivity contribution in [3.8, 4) is 5.75 Å². The van der Waals surface area contributed by atoms with E-state index >= 15 is 0 Å². The Labute approximate surface area is 141 Å². The van der Waals surface area contributed by atoms with E-state index in [1.54, 1.807) is 6.07 Å². The highest BCUT2D eigenvalue weighted by molar-refractivity contribution is 6.31. The fourth-order valence-electron chi connectivity index (χ4n) is 2.00. The molecule has 124 valence electrons. The van der Waals surface area contributed by atoms with Crippen LogP contribution in [0, 0.1) is 0 Å². The number of ether oxygens (including phenoxy) is 1. The highest BCUT2D eigenvalue weighted by Crippen LogP contribution is 2.28. The molecule has 1 amide bonds. The quantitative estimate of drug-likeness (QED) is 0.832. The summed E-state index contributed by atoms with van der Waals surface area (Å²) >= 11 is 5.85. The van der Waals surface area contributed by atoms with E-state index in [1.807, 2.05) is 0 Å². The van der Waals surface area contributed by atoms with Crippen LogP contribution in [0.5, 0.6) is 5.75 Å². The average Bonchev–Trinajstić information content (AvgIpc) is 2.54. The molecule has 0 heterocycles. The topological polar surface area (TPSA) is 119 Å². The fourth-order valence-corrected chi connectivity index (χ4v) is 2.18. The summed E-state index contributed by atoms with van der Waals surface area (Å²) in [4.78, 5) is 34.4. The van der Waals surface area contributed by atoms with E-state index in [-0.39, 0.29) is 11.3 Å². The summed E-state index contributed by atoms with van der Waals surface area (Å²) in [5.41, 5.74) is -1.00. The van der Waals surface area contributed by atoms with Crippen molar-refractivity contribution >= 4 is 35.1 Å². The van der Waals surface area contributed by atoms with E-state index in [9.17, 15) is 24.6 Å². The Balaban J connectivity index is 2.46. The molecule has 0 saturated carbocycles. The van der Waals surface area contributed by atoms with Gasteiger partial charge in [-0.25, -0.2) is 0 Å². The Bertz CT molecular complexity index is 833. The number of rotatable bonds is 5. The minimum absolute atomic E-state index is 0.193. The molecule has 0 aliphatic rings. The zero-order valence-corrected chi connectivity index (χ0v) is 13.0. The van der Waals surface area contributed by atoms with Gasteiger partial charge in [0.2, 0.25) is 0 Å². The van der Waals surface area contributed by atoms with Crippen molar-refractivity contribution in [1.29, 1.82) is 0 Å². The van der Waals surface area contributed by atoms with Crippen molar-refractivity contribution in [1.82, 2.24) is 0 Å². The molecule has 2 aromatic rings. The molecule has 0 atom stereocenters. The van der Waals surface area contributed by atoms with Crippen molar-refractivity contribution < 1.29 is 29.3 Å². The molecule has 2 aromatic carbocycles. The second kappa shape index (κ2) is 7.01. The molecule has 1 N–H and O–H groups in total. The smallest absolute Gasteiger partial charge is 0.256 e. The minimum atomic E-state index is -1.62. The summed E-state index contributed by atoms with van der Waals surface area (Å²) in [6.45, 7) is 0. The molecule has 0 aliphatic carbocycles. The molecule has 0 bridgehead atoms. The monoisotopic (exact) mass is 347 g/mol. The number of hydrogen-bond donors (Lipinski definition) is 1. The molecule has 2 rings (SSSR count). The van der Waals surface area contributed by atoms with Gasteiger partial charge in [-0.2, -0.15) is 0 Å². The summed E-state index contributed by atoms with van der Waals surface area (Å²) < 4.78 is 5.07. The zero-order valence-electron chi connectivity index (χ0n) is 12.3. The van der Waals surface area contributed by atoms with Crippen molar-refractivity contribution in [2.24, 2.45) is 0 Å². The maximum Gasteiger partial charge on any atom is 0.256 e. The number of methoxy groups -OCH3 is 1. The summed E-state index contributed by atoms with van der Waals surface area (Å²) in [6.07, 6.45) is 0. The number of hydrogen-bond acceptors (Lipinski definition) is 6. The third kappa shape index (κ3) is 3.64. The van der Waals surface area contributed by atoms with Gasteiger partial charge in [0.05, 0.1) is 24.7 Å². The van der Waals surface area contributed by atoms with Crippen LogP contribution >= 0.6 is 11.6 Å². The Morgan fingerprint density at radius 2 is 1.71 bits per heavy atom. The number of carbonyl (C=O) groups is 3. The molecule has 0 fully saturated rings. The molecule has 0 saturated heterocycles. The van der Waals surface area contributed by atoms with E-state index in [1.165, 1.54) is 19.2 Å². The van der Waals surface area contributed by atoms with Crippen LogP contribution in [0.15, 0.2) is 36.4 Å². The van der Waals surface area contributed by atoms with Gasteiger partial charge < -0.3 is 29.9 Å². The second-order valence-corrected chi connectivity index (χ2v) is 5.07. The van der Waals surface area contributed by atoms with Gasteiger partial charge in [-0.1, -0.05) is 23.7 Å². The lowest BCUT2D eigenvalue weighted by molar-refractivity contribution is -0.256. The Kier molecular flexibility index (Phi) is 5.05. The van der Waals surface area contributed by atoms with E-state index in [0.717, 1.165) is 18.2 Å². The number of benzene rings is 2. The van der Waals surface area contributed by atoms with Gasteiger partial charge in [-0.05, 0) is 29.8 Å². The first kappa shape index (κ1) is 17.3. The number of nitrogens with one attached hydrogen (secondary N) is 1. The molecular weight excluding hydrogens is 338 g/mol. The van der Waals surface area contributed by atoms with Crippen LogP contribution in [-0.2, 0) is 0 Å². The van der Waals surface area contributed by atoms with Gasteiger partial charge in [-0.15, -0.1) is 0 Å². The van der Waals surface area contributed by atoms with Crippen molar-refractivity contribution in [3.63, 3.8) is 0 Å². The molecule has 24 heavy (non-hydrogen) atoms. The van der Waals surface area contributed by atoms with Gasteiger partial charge in [0, 0.05) is 16.1 Å². The average molecular weight is 348 g/mol. The summed E-state index contributed by atoms with van der Waals surface area (Å²) in [6, 6.07) is 7.32. The first-order valence-electron chi connectivity index (χ1n) is 6.55. The maximum atomic E-state index is 12.4. The van der Waals surface area contributed by atoms with Crippen LogP contribution in [0.1, 0.15) is 31.1 Å². The second-order valence-electron chi connectivity index (χ2n) is 4.63. The van der Waals surface area contributed by atoms with Crippen LogP contribution in [0.4, 0.5) is 5.69 Å². The lowest BCUT2D eigenvalue weighted by Gasteiger charge is -2.15. The molecule has 0 unspecified atom stereocenters. The normalized spacial score (nSPS) is 10.1. The molecule has 0 aliphatic heterocycles. The van der Waals surface area contributed by atoms with E-state index in [0.29, 0.717) is 10.8 Å². The van der Waals surface area contributed by atoms with E-state index < -0.39 is 29.0 Å². The van der Waals surface area contributed by atoms with Crippen molar-refractivity contribution in [2.75, 3.05) is 12.4 Å². The summed E-state index contributed by atoms with van der Waals surface area (Å²) in [7, 11) is 1.38. The van der Waals surface area contributed by atoms with Crippen molar-refractivity contribution in [2.45, 2.75) is 0 Å². The van der Waals surface area contributed by atoms with Crippen LogP contribution in [-0.4, -0.2) is 25.0 Å². The Morgan fingerprint density at radius 3 is 2.29 bits per heavy atom. The summed E-state index contributed by atoms with van der Waals surface area (Å²) in [5, 5.41) is 24.8. The molecule has 8 heteroatoms. The molecule has 0 aromatic heterocycles. The highest BCUT2D eigenvalue weighted by Gasteiger charge is 2.16. The van der Waals surface area contributed by atoms with Crippen molar-refractivity contribution in [3.05, 3.63) is 58.1 Å². The largest absolute Gasteiger partial charge is 0.545 e. The number of carboxylic acid groups (broad SMARTS) is 2. The van der Waals surface area contributed by atoms with Gasteiger partial charge in [-0.3, -0.25) is 4.79 Å². The van der Waals surface area contributed by atoms with Gasteiger partial charge in [0.15, 0.2) is 0 Å². The highest BCUT2D eigenvalue weighted by atomic mass is 35.5. The number of carboxylic acids is 2. The first-order chi connectivity index (χ1) is 11.3. The maximum absolute atomic E-state index is 12.4. The number of carbonyl (C=O) groups excluding carboxylic acids is 3. The van der Waals surface area contributed by atoms with Gasteiger partial charge in [0.25, 0.3) is 5.91 Å². The number of amides is 1. The third-order valence-corrected chi connectivity index (χ3v) is 3.36. The predicted molar refractivity (Wildman–Crippen MR) is 81.1 cm³/mol. The molecule has 0 spiro atoms. The lowest BCUT2D eigenvalue weighted by Crippen LogP contribution is -2.28. The number of aromatic carboxylic acids is 2. The lowest BCUT2D eigenvalue weighted by atomic mass is 10.0. The Hall–Kier alpha value is -3.06. The number of anilines is 1. The SMILES string of the molecule is COc1ccc(Cl)cc1NC(=O)c1cc(C(=O)[O-])ccc1C(=O)[O-]. The predicted octanol–water partition coefficient (Wildman–Crippen LogP) is 0.328. The summed E-state index contributed by atoms with van der Waals surface area (Å²) in [5.74, 6) is -3.74. The first-order valence-corrected chi connectivity index (χ1v) is 6.93. The van der Waals surface area contributed by atoms with Gasteiger partial charge >= 0.3 is 0 Å². The van der Waals surface area contributed by atoms with Crippen LogP contribution in [0.25, 0.3) is 0 Å². The molecular formula is C16H10ClNO6-2. The molecule has 0 radical (unpaired) electrons. The zero-order chi connectivity index (χ0) is 17.9. The fraction of sp³-hybridized carbons (Fsp3) is 0.0625. The van der Waals surface area contributed by atoms with Crippen LogP contribution in [0.3, 0.4) is 0 Å². The van der Waals surface area contributed by atoms with E-state index in [4.69, 9.17) is 16.3 Å². The van der Waals surface area contributed by atoms with Crippen LogP contribution < -0.4 is 20.3 Å². The standard InChI is InChI=1S/C16H12ClNO6/c1-24-13-5-3-9(17)7-12(13)18-14(19)11-6-8(15(20)21)2-4-10(11)16(22)23/h2-7H,1H3,(H,18,19)(H,20,21)(H,22,23)/p-2. The third-order valence-electron chi connectivity index (χ3n) is 3.13. The molecule has 7 nitrogen and oxygen atoms in total. The van der Waals surface area contributed by atoms with E-state index in [2.05, 4.69) is 5.32 Å².